The summed E-state index contributed by atoms with van der Waals surface area (Å²) in [5, 5.41) is 0. The minimum atomic E-state index is 0. The first kappa shape index (κ1) is 14.7. The van der Waals surface area contributed by atoms with Gasteiger partial charge in [-0.2, -0.15) is 0 Å². The van der Waals surface area contributed by atoms with Crippen molar-refractivity contribution < 1.29 is 22.4 Å². The van der Waals surface area contributed by atoms with E-state index in [9.17, 15) is 0 Å². The standard InChI is InChI=1S/C9H21P.Au/c1-7(2)10(8(3)4)9(5)6;/h7-9H,1-6H3;. The second-order valence-corrected chi connectivity index (χ2v) is 7.72. The summed E-state index contributed by atoms with van der Waals surface area (Å²) < 4.78 is 0. The fourth-order valence-electron chi connectivity index (χ4n) is 1.79. The smallest absolute Gasteiger partial charge is 0 e. The van der Waals surface area contributed by atoms with E-state index in [1.807, 2.05) is 0 Å². The third kappa shape index (κ3) is 5.42. The maximum Gasteiger partial charge on any atom is 0 e. The number of rotatable bonds is 3. The molecule has 11 heavy (non-hydrogen) atoms. The van der Waals surface area contributed by atoms with E-state index in [1.165, 1.54) is 0 Å². The summed E-state index contributed by atoms with van der Waals surface area (Å²) >= 11 is 0. The van der Waals surface area contributed by atoms with Gasteiger partial charge in [-0.1, -0.05) is 49.5 Å². The van der Waals surface area contributed by atoms with Gasteiger partial charge in [0.05, 0.1) is 0 Å². The van der Waals surface area contributed by atoms with Crippen LogP contribution in [0.25, 0.3) is 0 Å². The summed E-state index contributed by atoms with van der Waals surface area (Å²) in [5.41, 5.74) is 2.69. The monoisotopic (exact) mass is 357 g/mol. The molecule has 0 rings (SSSR count). The van der Waals surface area contributed by atoms with Crippen molar-refractivity contribution in [2.24, 2.45) is 0 Å². The Morgan fingerprint density at radius 1 is 0.636 bits per heavy atom. The Hall–Kier alpha value is 1.17. The predicted octanol–water partition coefficient (Wildman–Crippen LogP) is 3.69. The molecule has 0 amide bonds. The van der Waals surface area contributed by atoms with E-state index in [1.54, 1.807) is 0 Å². The van der Waals surface area contributed by atoms with E-state index in [4.69, 9.17) is 0 Å². The molecule has 0 aliphatic carbocycles. The first-order chi connectivity index (χ1) is 4.46. The van der Waals surface area contributed by atoms with Crippen molar-refractivity contribution in [3.05, 3.63) is 0 Å². The molecule has 0 spiro atoms. The van der Waals surface area contributed by atoms with Crippen LogP contribution in [0, 0.1) is 0 Å². The molecule has 73 valence electrons. The number of hydrogen-bond donors (Lipinski definition) is 0. The van der Waals surface area contributed by atoms with E-state index >= 15 is 0 Å². The normalized spacial score (nSPS) is 11.5. The summed E-state index contributed by atoms with van der Waals surface area (Å²) in [6, 6.07) is 0. The van der Waals surface area contributed by atoms with E-state index in [0.29, 0.717) is 0 Å². The van der Waals surface area contributed by atoms with Crippen LogP contribution in [0.4, 0.5) is 0 Å². The van der Waals surface area contributed by atoms with Crippen LogP contribution < -0.4 is 0 Å². The molecule has 2 heteroatoms. The molecule has 0 unspecified atom stereocenters. The first-order valence-corrected chi connectivity index (χ1v) is 5.79. The van der Waals surface area contributed by atoms with E-state index in [0.717, 1.165) is 17.0 Å². The molecule has 0 saturated heterocycles. The van der Waals surface area contributed by atoms with Crippen LogP contribution in [0.3, 0.4) is 0 Å². The van der Waals surface area contributed by atoms with Crippen LogP contribution in [0.5, 0.6) is 0 Å². The van der Waals surface area contributed by atoms with Crippen LogP contribution in [-0.4, -0.2) is 17.0 Å². The minimum absolute atomic E-state index is 0. The topological polar surface area (TPSA) is 0 Å². The van der Waals surface area contributed by atoms with Gasteiger partial charge in [-0.15, -0.1) is 0 Å². The molecule has 0 bridgehead atoms. The fourth-order valence-corrected chi connectivity index (χ4v) is 5.37. The first-order valence-electron chi connectivity index (χ1n) is 4.24. The SMILES string of the molecule is CC(C)P(C(C)C)C(C)C.[Au]. The van der Waals surface area contributed by atoms with E-state index in [2.05, 4.69) is 41.5 Å². The molecule has 0 atom stereocenters. The van der Waals surface area contributed by atoms with E-state index in [-0.39, 0.29) is 30.3 Å². The summed E-state index contributed by atoms with van der Waals surface area (Å²) in [6.45, 7) is 14.1. The van der Waals surface area contributed by atoms with Gasteiger partial charge in [0.25, 0.3) is 0 Å². The molecule has 0 saturated carbocycles. The summed E-state index contributed by atoms with van der Waals surface area (Å²) in [4.78, 5) is 0. The molecule has 0 nitrogen and oxygen atoms in total. The molecule has 1 radical (unpaired) electrons. The molecule has 0 heterocycles. The molecule has 0 aromatic carbocycles. The van der Waals surface area contributed by atoms with Crippen LogP contribution >= 0.6 is 7.92 Å². The van der Waals surface area contributed by atoms with Gasteiger partial charge in [0.2, 0.25) is 0 Å². The van der Waals surface area contributed by atoms with Gasteiger partial charge >= 0.3 is 0 Å². The third-order valence-electron chi connectivity index (χ3n) is 1.79. The Bertz CT molecular complexity index is 70.5. The second kappa shape index (κ2) is 6.66. The van der Waals surface area contributed by atoms with Gasteiger partial charge in [-0.25, -0.2) is 0 Å². The van der Waals surface area contributed by atoms with Gasteiger partial charge < -0.3 is 0 Å². The molecular weight excluding hydrogens is 336 g/mol. The van der Waals surface area contributed by atoms with Crippen LogP contribution in [0.1, 0.15) is 41.5 Å². The maximum atomic E-state index is 2.35. The molecule has 0 aromatic heterocycles. The maximum absolute atomic E-state index is 2.35. The summed E-state index contributed by atoms with van der Waals surface area (Å²) in [5.74, 6) is 0. The van der Waals surface area contributed by atoms with Crippen molar-refractivity contribution in [3.8, 4) is 0 Å². The Kier molecular flexibility index (Phi) is 8.89. The molecule has 0 fully saturated rings. The van der Waals surface area contributed by atoms with Crippen molar-refractivity contribution in [1.82, 2.24) is 0 Å². The quantitative estimate of drug-likeness (QED) is 0.534. The van der Waals surface area contributed by atoms with Gasteiger partial charge in [0.15, 0.2) is 0 Å². The second-order valence-electron chi connectivity index (χ2n) is 3.73. The van der Waals surface area contributed by atoms with Crippen molar-refractivity contribution in [1.29, 1.82) is 0 Å². The average Bonchev–Trinajstić information content (AvgIpc) is 1.59. The Balaban J connectivity index is 0. The molecule has 0 N–H and O–H groups in total. The van der Waals surface area contributed by atoms with Gasteiger partial charge in [0, 0.05) is 22.4 Å². The van der Waals surface area contributed by atoms with E-state index < -0.39 is 0 Å². The van der Waals surface area contributed by atoms with Gasteiger partial charge in [-0.05, 0) is 17.0 Å². The zero-order valence-corrected chi connectivity index (χ0v) is 11.5. The van der Waals surface area contributed by atoms with Crippen molar-refractivity contribution in [2.45, 2.75) is 58.5 Å². The molecule has 0 aromatic rings. The zero-order valence-electron chi connectivity index (χ0n) is 8.48. The van der Waals surface area contributed by atoms with Crippen LogP contribution in [0.2, 0.25) is 0 Å². The largest absolute Gasteiger partial charge is 0.0988 e. The Morgan fingerprint density at radius 3 is 0.818 bits per heavy atom. The zero-order chi connectivity index (χ0) is 8.31. The van der Waals surface area contributed by atoms with Crippen molar-refractivity contribution in [3.63, 3.8) is 0 Å². The Morgan fingerprint density at radius 2 is 0.818 bits per heavy atom. The minimum Gasteiger partial charge on any atom is -0.0988 e. The van der Waals surface area contributed by atoms with Crippen LogP contribution in [0.15, 0.2) is 0 Å². The van der Waals surface area contributed by atoms with Gasteiger partial charge in [-0.3, -0.25) is 0 Å². The molecule has 0 aliphatic rings. The third-order valence-corrected chi connectivity index (χ3v) is 5.37. The number of hydrogen-bond acceptors (Lipinski definition) is 0. The summed E-state index contributed by atoms with van der Waals surface area (Å²) in [6.07, 6.45) is 0. The van der Waals surface area contributed by atoms with Gasteiger partial charge in [0.1, 0.15) is 0 Å². The average molecular weight is 357 g/mol. The van der Waals surface area contributed by atoms with Crippen LogP contribution in [-0.2, 0) is 22.4 Å². The fraction of sp³-hybridized carbons (Fsp3) is 1.00. The van der Waals surface area contributed by atoms with Crippen molar-refractivity contribution in [2.75, 3.05) is 0 Å². The Labute approximate surface area is 88.8 Å². The molecular formula is C9H21AuP. The molecule has 0 aliphatic heterocycles. The summed E-state index contributed by atoms with van der Waals surface area (Å²) in [7, 11) is 0.262. The predicted molar refractivity (Wildman–Crippen MR) is 52.3 cm³/mol. The van der Waals surface area contributed by atoms with Crippen molar-refractivity contribution >= 4 is 7.92 Å².